The van der Waals surface area contributed by atoms with Crippen LogP contribution in [-0.2, 0) is 0 Å². The van der Waals surface area contributed by atoms with Gasteiger partial charge in [-0.25, -0.2) is 4.79 Å². The van der Waals surface area contributed by atoms with Gasteiger partial charge in [-0.2, -0.15) is 0 Å². The Morgan fingerprint density at radius 1 is 1.19 bits per heavy atom. The molecule has 21 heavy (non-hydrogen) atoms. The number of ether oxygens (including phenoxy) is 1. The van der Waals surface area contributed by atoms with E-state index in [-0.39, 0.29) is 0 Å². The molecule has 5 nitrogen and oxygen atoms in total. The molecule has 1 heterocycles. The summed E-state index contributed by atoms with van der Waals surface area (Å²) in [6.07, 6.45) is 0. The quantitative estimate of drug-likeness (QED) is 0.720. The lowest BCUT2D eigenvalue weighted by atomic mass is 10.0. The van der Waals surface area contributed by atoms with E-state index in [0.717, 1.165) is 11.3 Å². The summed E-state index contributed by atoms with van der Waals surface area (Å²) < 4.78 is 10.9. The van der Waals surface area contributed by atoms with Crippen LogP contribution in [0.15, 0.2) is 45.6 Å². The van der Waals surface area contributed by atoms with Crippen LogP contribution in [0.25, 0.3) is 11.1 Å². The third kappa shape index (κ3) is 2.50. The SMILES string of the molecule is CC(C)c1ccccc1Oc1cc2[nH]c(=O)oc2cc1N. The first-order valence-corrected chi connectivity index (χ1v) is 6.73. The predicted octanol–water partition coefficient (Wildman–Crippen LogP) is 3.62. The zero-order chi connectivity index (χ0) is 15.0. The van der Waals surface area contributed by atoms with Crippen molar-refractivity contribution in [1.29, 1.82) is 0 Å². The van der Waals surface area contributed by atoms with Crippen LogP contribution in [0.4, 0.5) is 5.69 Å². The molecule has 0 spiro atoms. The summed E-state index contributed by atoms with van der Waals surface area (Å²) in [5.41, 5.74) is 8.46. The van der Waals surface area contributed by atoms with Gasteiger partial charge in [0, 0.05) is 12.1 Å². The van der Waals surface area contributed by atoms with Gasteiger partial charge < -0.3 is 14.9 Å². The van der Waals surface area contributed by atoms with E-state index < -0.39 is 5.76 Å². The highest BCUT2D eigenvalue weighted by molar-refractivity contribution is 5.80. The number of anilines is 1. The fraction of sp³-hybridized carbons (Fsp3) is 0.188. The molecule has 0 fully saturated rings. The lowest BCUT2D eigenvalue weighted by Crippen LogP contribution is -1.96. The number of hydrogen-bond acceptors (Lipinski definition) is 4. The highest BCUT2D eigenvalue weighted by Gasteiger charge is 2.12. The summed E-state index contributed by atoms with van der Waals surface area (Å²) in [7, 11) is 0. The number of nitrogens with two attached hydrogens (primary N) is 1. The van der Waals surface area contributed by atoms with Gasteiger partial charge >= 0.3 is 5.76 Å². The zero-order valence-corrected chi connectivity index (χ0v) is 11.8. The molecule has 5 heteroatoms. The van der Waals surface area contributed by atoms with Gasteiger partial charge in [0.25, 0.3) is 0 Å². The number of nitrogen functional groups attached to an aromatic ring is 1. The molecule has 1 aromatic heterocycles. The van der Waals surface area contributed by atoms with Gasteiger partial charge in [0.1, 0.15) is 5.75 Å². The largest absolute Gasteiger partial charge is 0.455 e. The lowest BCUT2D eigenvalue weighted by Gasteiger charge is -2.14. The van der Waals surface area contributed by atoms with E-state index in [1.54, 1.807) is 12.1 Å². The Kier molecular flexibility index (Phi) is 3.17. The summed E-state index contributed by atoms with van der Waals surface area (Å²) in [6.45, 7) is 4.20. The van der Waals surface area contributed by atoms with Gasteiger partial charge in [-0.05, 0) is 17.5 Å². The monoisotopic (exact) mass is 284 g/mol. The molecule has 3 rings (SSSR count). The molecule has 3 N–H and O–H groups in total. The maximum absolute atomic E-state index is 11.2. The Bertz CT molecular complexity index is 846. The van der Waals surface area contributed by atoms with Crippen molar-refractivity contribution >= 4 is 16.8 Å². The second kappa shape index (κ2) is 5.01. The number of fused-ring (bicyclic) bond motifs is 1. The molecule has 0 unspecified atom stereocenters. The van der Waals surface area contributed by atoms with E-state index in [9.17, 15) is 4.79 Å². The highest BCUT2D eigenvalue weighted by Crippen LogP contribution is 2.34. The van der Waals surface area contributed by atoms with Crippen molar-refractivity contribution in [3.05, 3.63) is 52.5 Å². The topological polar surface area (TPSA) is 81.2 Å². The molecule has 0 saturated carbocycles. The van der Waals surface area contributed by atoms with E-state index in [0.29, 0.717) is 28.5 Å². The average molecular weight is 284 g/mol. The van der Waals surface area contributed by atoms with Crippen molar-refractivity contribution in [2.24, 2.45) is 0 Å². The number of oxazole rings is 1. The summed E-state index contributed by atoms with van der Waals surface area (Å²) in [5, 5.41) is 0. The minimum atomic E-state index is -0.510. The number of benzene rings is 2. The van der Waals surface area contributed by atoms with Crippen LogP contribution in [-0.4, -0.2) is 4.98 Å². The number of aromatic nitrogens is 1. The van der Waals surface area contributed by atoms with Crippen LogP contribution in [0.2, 0.25) is 0 Å². The van der Waals surface area contributed by atoms with Crippen LogP contribution in [0.1, 0.15) is 25.3 Å². The molecule has 0 bridgehead atoms. The van der Waals surface area contributed by atoms with Gasteiger partial charge in [-0.1, -0.05) is 32.0 Å². The van der Waals surface area contributed by atoms with Crippen molar-refractivity contribution in [3.8, 4) is 11.5 Å². The number of H-pyrrole nitrogens is 1. The number of nitrogens with one attached hydrogen (secondary N) is 1. The number of hydrogen-bond donors (Lipinski definition) is 2. The van der Waals surface area contributed by atoms with Crippen molar-refractivity contribution in [2.45, 2.75) is 19.8 Å². The molecule has 2 aromatic carbocycles. The first-order valence-electron chi connectivity index (χ1n) is 6.73. The maximum Gasteiger partial charge on any atom is 0.417 e. The Balaban J connectivity index is 2.05. The number of aromatic amines is 1. The fourth-order valence-electron chi connectivity index (χ4n) is 2.25. The van der Waals surface area contributed by atoms with Crippen LogP contribution < -0.4 is 16.2 Å². The van der Waals surface area contributed by atoms with Crippen molar-refractivity contribution in [1.82, 2.24) is 4.98 Å². The Morgan fingerprint density at radius 3 is 2.71 bits per heavy atom. The average Bonchev–Trinajstić information content (AvgIpc) is 2.78. The van der Waals surface area contributed by atoms with Gasteiger partial charge in [0.15, 0.2) is 11.3 Å². The van der Waals surface area contributed by atoms with Crippen LogP contribution in [0, 0.1) is 0 Å². The molecule has 108 valence electrons. The first kappa shape index (κ1) is 13.3. The van der Waals surface area contributed by atoms with E-state index in [1.807, 2.05) is 24.3 Å². The minimum absolute atomic E-state index is 0.333. The molecule has 0 saturated heterocycles. The van der Waals surface area contributed by atoms with Crippen LogP contribution in [0.3, 0.4) is 0 Å². The Morgan fingerprint density at radius 2 is 1.95 bits per heavy atom. The molecule has 0 aliphatic rings. The third-order valence-corrected chi connectivity index (χ3v) is 3.31. The Labute approximate surface area is 121 Å². The van der Waals surface area contributed by atoms with E-state index in [2.05, 4.69) is 18.8 Å². The normalized spacial score (nSPS) is 11.2. The molecular weight excluding hydrogens is 268 g/mol. The highest BCUT2D eigenvalue weighted by atomic mass is 16.5. The third-order valence-electron chi connectivity index (χ3n) is 3.31. The maximum atomic E-state index is 11.2. The van der Waals surface area contributed by atoms with Gasteiger partial charge in [-0.3, -0.25) is 4.98 Å². The molecule has 0 atom stereocenters. The second-order valence-corrected chi connectivity index (χ2v) is 5.20. The van der Waals surface area contributed by atoms with Crippen molar-refractivity contribution in [3.63, 3.8) is 0 Å². The Hall–Kier alpha value is -2.69. The summed E-state index contributed by atoms with van der Waals surface area (Å²) >= 11 is 0. The molecule has 0 amide bonds. The molecule has 3 aromatic rings. The smallest absolute Gasteiger partial charge is 0.417 e. The first-order chi connectivity index (χ1) is 10.0. The van der Waals surface area contributed by atoms with Crippen LogP contribution >= 0.6 is 0 Å². The second-order valence-electron chi connectivity index (χ2n) is 5.20. The van der Waals surface area contributed by atoms with Crippen LogP contribution in [0.5, 0.6) is 11.5 Å². The molecule has 0 aliphatic carbocycles. The lowest BCUT2D eigenvalue weighted by molar-refractivity contribution is 0.475. The van der Waals surface area contributed by atoms with Crippen molar-refractivity contribution in [2.75, 3.05) is 5.73 Å². The van der Waals surface area contributed by atoms with Gasteiger partial charge in [0.2, 0.25) is 0 Å². The minimum Gasteiger partial charge on any atom is -0.455 e. The summed E-state index contributed by atoms with van der Waals surface area (Å²) in [5.74, 6) is 1.07. The van der Waals surface area contributed by atoms with Crippen molar-refractivity contribution < 1.29 is 9.15 Å². The van der Waals surface area contributed by atoms with Gasteiger partial charge in [-0.15, -0.1) is 0 Å². The standard InChI is InChI=1S/C16H16N2O3/c1-9(2)10-5-3-4-6-13(10)20-14-8-12-15(7-11(14)17)21-16(19)18-12/h3-9H,17H2,1-2H3,(H,18,19). The summed E-state index contributed by atoms with van der Waals surface area (Å²) in [6, 6.07) is 11.1. The molecule has 0 aliphatic heterocycles. The number of para-hydroxylation sites is 1. The van der Waals surface area contributed by atoms with E-state index in [4.69, 9.17) is 14.9 Å². The van der Waals surface area contributed by atoms with Gasteiger partial charge in [0.05, 0.1) is 11.2 Å². The molecule has 0 radical (unpaired) electrons. The predicted molar refractivity (Wildman–Crippen MR) is 81.9 cm³/mol. The van der Waals surface area contributed by atoms with E-state index >= 15 is 0 Å². The fourth-order valence-corrected chi connectivity index (χ4v) is 2.25. The zero-order valence-electron chi connectivity index (χ0n) is 11.8. The molecular formula is C16H16N2O3. The summed E-state index contributed by atoms with van der Waals surface area (Å²) in [4.78, 5) is 13.8. The van der Waals surface area contributed by atoms with E-state index in [1.165, 1.54) is 0 Å². The number of rotatable bonds is 3.